The van der Waals surface area contributed by atoms with E-state index in [1.165, 1.54) is 0 Å². The Kier molecular flexibility index (Phi) is 2.50. The lowest BCUT2D eigenvalue weighted by Crippen LogP contribution is -1.86. The van der Waals surface area contributed by atoms with Crippen molar-refractivity contribution in [3.8, 4) is 11.5 Å². The monoisotopic (exact) mass is 202 g/mol. The Balaban J connectivity index is 2.71. The van der Waals surface area contributed by atoms with Crippen molar-refractivity contribution in [1.29, 1.82) is 0 Å². The van der Waals surface area contributed by atoms with E-state index in [1.807, 2.05) is 31.2 Å². The summed E-state index contributed by atoms with van der Waals surface area (Å²) in [6.07, 6.45) is 1.73. The molecule has 2 nitrogen and oxygen atoms in total. The Bertz CT molecular complexity index is 489. The van der Waals surface area contributed by atoms with E-state index in [1.54, 1.807) is 6.07 Å². The fraction of sp³-hybridized carbons (Fsp3) is 0.231. The maximum absolute atomic E-state index is 9.82. The molecule has 0 radical (unpaired) electrons. The molecule has 0 atom stereocenters. The number of rotatable bonds is 2. The van der Waals surface area contributed by atoms with E-state index in [4.69, 9.17) is 0 Å². The third-order valence-electron chi connectivity index (χ3n) is 2.59. The molecule has 2 aromatic rings. The van der Waals surface area contributed by atoms with Crippen LogP contribution in [-0.4, -0.2) is 10.2 Å². The number of phenolic OH excluding ortho intramolecular Hbond substituents is 2. The summed E-state index contributed by atoms with van der Waals surface area (Å²) in [4.78, 5) is 0. The fourth-order valence-corrected chi connectivity index (χ4v) is 1.83. The SMILES string of the molecule is CCCc1cc2ccccc2c(O)c1O. The lowest BCUT2D eigenvalue weighted by atomic mass is 10.0. The minimum absolute atomic E-state index is 0.00319. The second-order valence-corrected chi connectivity index (χ2v) is 3.70. The average molecular weight is 202 g/mol. The quantitative estimate of drug-likeness (QED) is 0.734. The molecule has 0 unspecified atom stereocenters. The number of benzene rings is 2. The highest BCUT2D eigenvalue weighted by atomic mass is 16.3. The fourth-order valence-electron chi connectivity index (χ4n) is 1.83. The Labute approximate surface area is 88.8 Å². The van der Waals surface area contributed by atoms with Gasteiger partial charge in [0.2, 0.25) is 0 Å². The van der Waals surface area contributed by atoms with E-state index in [0.29, 0.717) is 5.39 Å². The first-order valence-corrected chi connectivity index (χ1v) is 5.16. The van der Waals surface area contributed by atoms with Gasteiger partial charge < -0.3 is 10.2 Å². The van der Waals surface area contributed by atoms with Crippen molar-refractivity contribution < 1.29 is 10.2 Å². The number of fused-ring (bicyclic) bond motifs is 1. The summed E-state index contributed by atoms with van der Waals surface area (Å²) < 4.78 is 0. The second-order valence-electron chi connectivity index (χ2n) is 3.70. The highest BCUT2D eigenvalue weighted by molar-refractivity contribution is 5.91. The number of aryl methyl sites for hydroxylation is 1. The maximum Gasteiger partial charge on any atom is 0.165 e. The normalized spacial score (nSPS) is 10.7. The molecular formula is C13H14O2. The summed E-state index contributed by atoms with van der Waals surface area (Å²) in [5.41, 5.74) is 0.814. The van der Waals surface area contributed by atoms with Crippen molar-refractivity contribution in [2.75, 3.05) is 0 Å². The van der Waals surface area contributed by atoms with Crippen molar-refractivity contribution in [3.63, 3.8) is 0 Å². The molecule has 2 rings (SSSR count). The van der Waals surface area contributed by atoms with Gasteiger partial charge in [-0.1, -0.05) is 37.6 Å². The topological polar surface area (TPSA) is 40.5 Å². The van der Waals surface area contributed by atoms with Gasteiger partial charge in [0.25, 0.3) is 0 Å². The smallest absolute Gasteiger partial charge is 0.165 e. The lowest BCUT2D eigenvalue weighted by molar-refractivity contribution is 0.403. The van der Waals surface area contributed by atoms with E-state index in [-0.39, 0.29) is 11.5 Å². The molecule has 0 aliphatic rings. The minimum atomic E-state index is -0.00319. The van der Waals surface area contributed by atoms with Crippen molar-refractivity contribution >= 4 is 10.8 Å². The van der Waals surface area contributed by atoms with Crippen LogP contribution in [0.3, 0.4) is 0 Å². The molecule has 0 saturated heterocycles. The van der Waals surface area contributed by atoms with Crippen molar-refractivity contribution in [1.82, 2.24) is 0 Å². The van der Waals surface area contributed by atoms with Gasteiger partial charge in [-0.3, -0.25) is 0 Å². The molecular weight excluding hydrogens is 188 g/mol. The van der Waals surface area contributed by atoms with Crippen LogP contribution >= 0.6 is 0 Å². The third-order valence-corrected chi connectivity index (χ3v) is 2.59. The van der Waals surface area contributed by atoms with E-state index in [9.17, 15) is 10.2 Å². The van der Waals surface area contributed by atoms with Crippen molar-refractivity contribution in [3.05, 3.63) is 35.9 Å². The van der Waals surface area contributed by atoms with Crippen LogP contribution < -0.4 is 0 Å². The van der Waals surface area contributed by atoms with Gasteiger partial charge >= 0.3 is 0 Å². The van der Waals surface area contributed by atoms with Gasteiger partial charge in [-0.2, -0.15) is 0 Å². The number of aromatic hydroxyl groups is 2. The standard InChI is InChI=1S/C13H14O2/c1-2-5-10-8-9-6-3-4-7-11(9)13(15)12(10)14/h3-4,6-8,14-15H,2,5H2,1H3. The Morgan fingerprint density at radius 2 is 1.80 bits per heavy atom. The van der Waals surface area contributed by atoms with Crippen LogP contribution in [0.4, 0.5) is 0 Å². The average Bonchev–Trinajstić information content (AvgIpc) is 2.26. The van der Waals surface area contributed by atoms with Crippen LogP contribution in [0.25, 0.3) is 10.8 Å². The van der Waals surface area contributed by atoms with Gasteiger partial charge in [-0.15, -0.1) is 0 Å². The highest BCUT2D eigenvalue weighted by Gasteiger charge is 2.10. The molecule has 2 aromatic carbocycles. The summed E-state index contributed by atoms with van der Waals surface area (Å²) in [5.74, 6) is 0.0205. The molecule has 0 bridgehead atoms. The minimum Gasteiger partial charge on any atom is -0.504 e. The second kappa shape index (κ2) is 3.81. The zero-order valence-electron chi connectivity index (χ0n) is 8.70. The zero-order chi connectivity index (χ0) is 10.8. The van der Waals surface area contributed by atoms with E-state index in [0.717, 1.165) is 23.8 Å². The number of hydrogen-bond donors (Lipinski definition) is 2. The zero-order valence-corrected chi connectivity index (χ0v) is 8.70. The Morgan fingerprint density at radius 3 is 2.53 bits per heavy atom. The molecule has 0 heterocycles. The van der Waals surface area contributed by atoms with Crippen LogP contribution in [0.1, 0.15) is 18.9 Å². The van der Waals surface area contributed by atoms with Gasteiger partial charge in [-0.25, -0.2) is 0 Å². The van der Waals surface area contributed by atoms with Gasteiger partial charge in [0, 0.05) is 5.39 Å². The molecule has 0 amide bonds. The molecule has 0 aromatic heterocycles. The molecule has 78 valence electrons. The molecule has 0 spiro atoms. The van der Waals surface area contributed by atoms with E-state index in [2.05, 4.69) is 0 Å². The molecule has 0 aliphatic carbocycles. The molecule has 0 aliphatic heterocycles. The number of phenols is 2. The largest absolute Gasteiger partial charge is 0.504 e. The van der Waals surface area contributed by atoms with Crippen LogP contribution in [0.15, 0.2) is 30.3 Å². The predicted molar refractivity (Wildman–Crippen MR) is 61.3 cm³/mol. The van der Waals surface area contributed by atoms with Crippen molar-refractivity contribution in [2.24, 2.45) is 0 Å². The van der Waals surface area contributed by atoms with Crippen LogP contribution in [-0.2, 0) is 6.42 Å². The Morgan fingerprint density at radius 1 is 1.07 bits per heavy atom. The first-order chi connectivity index (χ1) is 7.24. The van der Waals surface area contributed by atoms with E-state index >= 15 is 0 Å². The predicted octanol–water partition coefficient (Wildman–Crippen LogP) is 3.20. The van der Waals surface area contributed by atoms with Gasteiger partial charge in [0.15, 0.2) is 11.5 Å². The number of hydrogen-bond acceptors (Lipinski definition) is 2. The summed E-state index contributed by atoms with van der Waals surface area (Å²) in [5, 5.41) is 21.3. The van der Waals surface area contributed by atoms with Crippen LogP contribution in [0.2, 0.25) is 0 Å². The van der Waals surface area contributed by atoms with Gasteiger partial charge in [-0.05, 0) is 23.4 Å². The molecule has 0 saturated carbocycles. The van der Waals surface area contributed by atoms with Crippen LogP contribution in [0, 0.1) is 0 Å². The van der Waals surface area contributed by atoms with Gasteiger partial charge in [0.05, 0.1) is 0 Å². The molecule has 15 heavy (non-hydrogen) atoms. The highest BCUT2D eigenvalue weighted by Crippen LogP contribution is 2.37. The van der Waals surface area contributed by atoms with Gasteiger partial charge in [0.1, 0.15) is 0 Å². The molecule has 2 N–H and O–H groups in total. The maximum atomic E-state index is 9.82. The summed E-state index contributed by atoms with van der Waals surface area (Å²) >= 11 is 0. The lowest BCUT2D eigenvalue weighted by Gasteiger charge is -2.08. The van der Waals surface area contributed by atoms with E-state index < -0.39 is 0 Å². The first kappa shape index (κ1) is 9.84. The van der Waals surface area contributed by atoms with Crippen LogP contribution in [0.5, 0.6) is 11.5 Å². The molecule has 0 fully saturated rings. The summed E-state index contributed by atoms with van der Waals surface area (Å²) in [6, 6.07) is 9.46. The Hall–Kier alpha value is -1.70. The first-order valence-electron chi connectivity index (χ1n) is 5.16. The summed E-state index contributed by atoms with van der Waals surface area (Å²) in [7, 11) is 0. The molecule has 2 heteroatoms. The van der Waals surface area contributed by atoms with Crippen molar-refractivity contribution in [2.45, 2.75) is 19.8 Å². The third kappa shape index (κ3) is 1.63. The summed E-state index contributed by atoms with van der Waals surface area (Å²) in [6.45, 7) is 2.05.